The SMILES string of the molecule is CN(C)c1ccc(-c2cc(-c3cccc(Br)c3)c3c(N)ncnc3n2)nc1.Cl.Cl.Cl. The van der Waals surface area contributed by atoms with E-state index in [2.05, 4.69) is 35.9 Å². The Kier molecular flexibility index (Phi) is 9.24. The highest BCUT2D eigenvalue weighted by Gasteiger charge is 2.14. The van der Waals surface area contributed by atoms with E-state index in [1.165, 1.54) is 6.33 Å². The van der Waals surface area contributed by atoms with Gasteiger partial charge in [0.05, 0.1) is 28.7 Å². The Morgan fingerprint density at radius 2 is 1.67 bits per heavy atom. The van der Waals surface area contributed by atoms with Gasteiger partial charge >= 0.3 is 0 Å². The number of nitrogen functional groups attached to an aromatic ring is 1. The summed E-state index contributed by atoms with van der Waals surface area (Å²) in [4.78, 5) is 19.7. The maximum Gasteiger partial charge on any atom is 0.165 e. The molecule has 10 heteroatoms. The summed E-state index contributed by atoms with van der Waals surface area (Å²) >= 11 is 3.53. The second-order valence-corrected chi connectivity index (χ2v) is 7.23. The Balaban J connectivity index is 0.00000150. The molecule has 30 heavy (non-hydrogen) atoms. The first-order valence-corrected chi connectivity index (χ1v) is 9.13. The van der Waals surface area contributed by atoms with Crippen LogP contribution in [0, 0.1) is 0 Å². The first kappa shape index (κ1) is 25.8. The number of benzene rings is 1. The van der Waals surface area contributed by atoms with Crippen LogP contribution in [0.4, 0.5) is 11.5 Å². The molecule has 3 heterocycles. The van der Waals surface area contributed by atoms with Crippen molar-refractivity contribution in [3.8, 4) is 22.5 Å². The second-order valence-electron chi connectivity index (χ2n) is 6.32. The number of hydrogen-bond acceptors (Lipinski definition) is 6. The lowest BCUT2D eigenvalue weighted by Gasteiger charge is -2.13. The zero-order chi connectivity index (χ0) is 19.0. The van der Waals surface area contributed by atoms with Gasteiger partial charge in [0, 0.05) is 18.6 Å². The molecular formula is C20H20BrCl3N6. The van der Waals surface area contributed by atoms with Crippen LogP contribution in [0.15, 0.2) is 59.5 Å². The van der Waals surface area contributed by atoms with Crippen molar-refractivity contribution < 1.29 is 0 Å². The average molecular weight is 531 g/mol. The minimum Gasteiger partial charge on any atom is -0.383 e. The fourth-order valence-electron chi connectivity index (χ4n) is 2.90. The van der Waals surface area contributed by atoms with Gasteiger partial charge in [-0.2, -0.15) is 0 Å². The molecule has 0 fully saturated rings. The summed E-state index contributed by atoms with van der Waals surface area (Å²) in [6.45, 7) is 0. The minimum atomic E-state index is 0. The Morgan fingerprint density at radius 1 is 0.900 bits per heavy atom. The molecule has 1 aromatic carbocycles. The van der Waals surface area contributed by atoms with Crippen LogP contribution in [0.1, 0.15) is 0 Å². The van der Waals surface area contributed by atoms with Crippen molar-refractivity contribution in [3.63, 3.8) is 0 Å². The molecule has 3 aromatic heterocycles. The fraction of sp³-hybridized carbons (Fsp3) is 0.100. The monoisotopic (exact) mass is 528 g/mol. The number of fused-ring (bicyclic) bond motifs is 1. The smallest absolute Gasteiger partial charge is 0.165 e. The highest BCUT2D eigenvalue weighted by molar-refractivity contribution is 9.10. The zero-order valence-corrected chi connectivity index (χ0v) is 20.1. The van der Waals surface area contributed by atoms with Gasteiger partial charge in [0.25, 0.3) is 0 Å². The van der Waals surface area contributed by atoms with Gasteiger partial charge in [0.1, 0.15) is 12.1 Å². The number of nitrogens with zero attached hydrogens (tertiary/aromatic N) is 5. The third-order valence-electron chi connectivity index (χ3n) is 4.30. The highest BCUT2D eigenvalue weighted by atomic mass is 79.9. The lowest BCUT2D eigenvalue weighted by molar-refractivity contribution is 1.11. The summed E-state index contributed by atoms with van der Waals surface area (Å²) in [6.07, 6.45) is 3.26. The molecule has 0 unspecified atom stereocenters. The maximum absolute atomic E-state index is 6.15. The average Bonchev–Trinajstić information content (AvgIpc) is 2.67. The summed E-state index contributed by atoms with van der Waals surface area (Å²) in [5, 5.41) is 0.740. The number of aromatic nitrogens is 4. The molecule has 4 aromatic rings. The van der Waals surface area contributed by atoms with Crippen LogP contribution in [-0.2, 0) is 0 Å². The minimum absolute atomic E-state index is 0. The summed E-state index contributed by atoms with van der Waals surface area (Å²) < 4.78 is 0.982. The third kappa shape index (κ3) is 5.10. The van der Waals surface area contributed by atoms with E-state index in [9.17, 15) is 0 Å². The molecule has 0 aliphatic carbocycles. The van der Waals surface area contributed by atoms with Gasteiger partial charge in [-0.05, 0) is 41.5 Å². The summed E-state index contributed by atoms with van der Waals surface area (Å²) in [5.41, 5.74) is 11.2. The maximum atomic E-state index is 6.15. The number of hydrogen-bond donors (Lipinski definition) is 1. The third-order valence-corrected chi connectivity index (χ3v) is 4.79. The quantitative estimate of drug-likeness (QED) is 0.381. The Hall–Kier alpha value is -2.19. The van der Waals surface area contributed by atoms with Crippen molar-refractivity contribution in [1.82, 2.24) is 19.9 Å². The molecular weight excluding hydrogens is 511 g/mol. The van der Waals surface area contributed by atoms with Gasteiger partial charge in [-0.25, -0.2) is 15.0 Å². The Morgan fingerprint density at radius 3 is 2.30 bits per heavy atom. The van der Waals surface area contributed by atoms with E-state index in [1.807, 2.05) is 67.7 Å². The molecule has 0 spiro atoms. The summed E-state index contributed by atoms with van der Waals surface area (Å²) in [6, 6.07) is 14.0. The van der Waals surface area contributed by atoms with Crippen molar-refractivity contribution in [3.05, 3.63) is 59.5 Å². The number of anilines is 2. The summed E-state index contributed by atoms with van der Waals surface area (Å²) in [5.74, 6) is 0.407. The van der Waals surface area contributed by atoms with Crippen molar-refractivity contribution >= 4 is 75.7 Å². The molecule has 6 nitrogen and oxygen atoms in total. The van der Waals surface area contributed by atoms with Gasteiger partial charge in [-0.3, -0.25) is 4.98 Å². The van der Waals surface area contributed by atoms with E-state index in [0.717, 1.165) is 38.1 Å². The Bertz CT molecular complexity index is 1140. The molecule has 0 radical (unpaired) electrons. The van der Waals surface area contributed by atoms with Crippen LogP contribution in [0.25, 0.3) is 33.5 Å². The second kappa shape index (κ2) is 10.7. The molecule has 158 valence electrons. The molecule has 2 N–H and O–H groups in total. The normalized spacial score (nSPS) is 9.83. The Labute approximate surface area is 201 Å². The van der Waals surface area contributed by atoms with Crippen molar-refractivity contribution in [2.75, 3.05) is 24.7 Å². The zero-order valence-electron chi connectivity index (χ0n) is 16.1. The van der Waals surface area contributed by atoms with E-state index in [0.29, 0.717) is 11.5 Å². The van der Waals surface area contributed by atoms with E-state index >= 15 is 0 Å². The van der Waals surface area contributed by atoms with Gasteiger partial charge in [0.15, 0.2) is 5.65 Å². The molecule has 4 rings (SSSR count). The first-order chi connectivity index (χ1) is 13.0. The highest BCUT2D eigenvalue weighted by Crippen LogP contribution is 2.34. The van der Waals surface area contributed by atoms with Crippen LogP contribution in [0.5, 0.6) is 0 Å². The van der Waals surface area contributed by atoms with E-state index in [-0.39, 0.29) is 37.2 Å². The van der Waals surface area contributed by atoms with E-state index in [1.54, 1.807) is 0 Å². The predicted octanol–water partition coefficient (Wildman–Crippen LogP) is 5.43. The van der Waals surface area contributed by atoms with Crippen LogP contribution in [0.3, 0.4) is 0 Å². The van der Waals surface area contributed by atoms with Gasteiger partial charge in [-0.15, -0.1) is 37.2 Å². The molecule has 0 atom stereocenters. The van der Waals surface area contributed by atoms with Crippen LogP contribution >= 0.6 is 53.2 Å². The topological polar surface area (TPSA) is 80.8 Å². The van der Waals surface area contributed by atoms with Crippen molar-refractivity contribution in [2.45, 2.75) is 0 Å². The van der Waals surface area contributed by atoms with E-state index in [4.69, 9.17) is 5.73 Å². The number of pyridine rings is 2. The molecule has 0 aliphatic rings. The lowest BCUT2D eigenvalue weighted by Crippen LogP contribution is -2.08. The number of nitrogens with two attached hydrogens (primary N) is 1. The van der Waals surface area contributed by atoms with Crippen LogP contribution in [-0.4, -0.2) is 34.0 Å². The number of halogens is 4. The molecule has 0 amide bonds. The molecule has 0 saturated carbocycles. The van der Waals surface area contributed by atoms with Gasteiger partial charge in [0.2, 0.25) is 0 Å². The molecule has 0 bridgehead atoms. The predicted molar refractivity (Wildman–Crippen MR) is 134 cm³/mol. The largest absolute Gasteiger partial charge is 0.383 e. The number of rotatable bonds is 3. The first-order valence-electron chi connectivity index (χ1n) is 8.34. The standard InChI is InChI=1S/C20H17BrN6.3ClH/c1-27(2)14-6-7-16(23-10-14)17-9-15(12-4-3-5-13(21)8-12)18-19(22)24-11-25-20(18)26-17;;;/h3-11H,1-2H3,(H2,22,24,25,26);3*1H. The van der Waals surface area contributed by atoms with Crippen LogP contribution < -0.4 is 10.6 Å². The molecule has 0 aliphatic heterocycles. The van der Waals surface area contributed by atoms with Gasteiger partial charge < -0.3 is 10.6 Å². The lowest BCUT2D eigenvalue weighted by atomic mass is 10.0. The summed E-state index contributed by atoms with van der Waals surface area (Å²) in [7, 11) is 3.96. The van der Waals surface area contributed by atoms with Gasteiger partial charge in [-0.1, -0.05) is 28.1 Å². The van der Waals surface area contributed by atoms with Crippen molar-refractivity contribution in [1.29, 1.82) is 0 Å². The van der Waals surface area contributed by atoms with Crippen LogP contribution in [0.2, 0.25) is 0 Å². The van der Waals surface area contributed by atoms with Crippen molar-refractivity contribution in [2.24, 2.45) is 0 Å². The fourth-order valence-corrected chi connectivity index (χ4v) is 3.30. The van der Waals surface area contributed by atoms with E-state index < -0.39 is 0 Å². The molecule has 0 saturated heterocycles.